The molecule has 2 nitrogen and oxygen atoms in total. The summed E-state index contributed by atoms with van der Waals surface area (Å²) in [7, 11) is 1.99. The van der Waals surface area contributed by atoms with E-state index >= 15 is 0 Å². The molecule has 1 aromatic heterocycles. The summed E-state index contributed by atoms with van der Waals surface area (Å²) in [5.74, 6) is -0.169. The average molecular weight is 329 g/mol. The van der Waals surface area contributed by atoms with Crippen LogP contribution in [0.2, 0.25) is 0 Å². The van der Waals surface area contributed by atoms with E-state index in [0.29, 0.717) is 12.1 Å². The van der Waals surface area contributed by atoms with E-state index in [4.69, 9.17) is 0 Å². The van der Waals surface area contributed by atoms with Crippen molar-refractivity contribution < 1.29 is 4.39 Å². The Kier molecular flexibility index (Phi) is 4.48. The maximum Gasteiger partial charge on any atom is 0.128 e. The summed E-state index contributed by atoms with van der Waals surface area (Å²) in [4.78, 5) is 7.54. The molecule has 2 aromatic rings. The fraction of sp³-hybridized carbons (Fsp3) is 0.308. The number of aromatic nitrogens is 1. The topological polar surface area (TPSA) is 16.1 Å². The summed E-state index contributed by atoms with van der Waals surface area (Å²) in [6.45, 7) is 3.39. The van der Waals surface area contributed by atoms with Gasteiger partial charge in [0.05, 0.1) is 11.2 Å². The van der Waals surface area contributed by atoms with Gasteiger partial charge in [-0.3, -0.25) is 4.90 Å². The Balaban J connectivity index is 2.03. The quantitative estimate of drug-likeness (QED) is 0.843. The van der Waals surface area contributed by atoms with Crippen molar-refractivity contribution in [2.24, 2.45) is 0 Å². The molecule has 0 aliphatic heterocycles. The first-order valence-corrected chi connectivity index (χ1v) is 7.25. The van der Waals surface area contributed by atoms with Crippen molar-refractivity contribution in [3.05, 3.63) is 50.1 Å². The second kappa shape index (κ2) is 5.91. The van der Waals surface area contributed by atoms with Crippen LogP contribution in [0.1, 0.15) is 16.1 Å². The van der Waals surface area contributed by atoms with Gasteiger partial charge in [-0.25, -0.2) is 9.37 Å². The van der Waals surface area contributed by atoms with Crippen LogP contribution in [-0.4, -0.2) is 16.9 Å². The Labute approximate surface area is 119 Å². The van der Waals surface area contributed by atoms with E-state index in [1.54, 1.807) is 11.3 Å². The van der Waals surface area contributed by atoms with Crippen molar-refractivity contribution in [1.82, 2.24) is 9.88 Å². The normalized spacial score (nSPS) is 11.2. The van der Waals surface area contributed by atoms with Gasteiger partial charge in [0, 0.05) is 28.0 Å². The highest BCUT2D eigenvalue weighted by molar-refractivity contribution is 9.10. The van der Waals surface area contributed by atoms with Crippen LogP contribution in [-0.2, 0) is 13.1 Å². The Bertz CT molecular complexity index is 542. The van der Waals surface area contributed by atoms with Crippen molar-refractivity contribution in [3.63, 3.8) is 0 Å². The summed E-state index contributed by atoms with van der Waals surface area (Å²) in [5, 5.41) is 0. The van der Waals surface area contributed by atoms with Crippen LogP contribution in [0.4, 0.5) is 4.39 Å². The summed E-state index contributed by atoms with van der Waals surface area (Å²) >= 11 is 4.90. The van der Waals surface area contributed by atoms with E-state index in [1.807, 2.05) is 31.6 Å². The number of nitrogens with zero attached hydrogens (tertiary/aromatic N) is 2. The maximum atomic E-state index is 13.7. The first-order valence-electron chi connectivity index (χ1n) is 5.57. The number of hydrogen-bond acceptors (Lipinski definition) is 3. The second-order valence-corrected chi connectivity index (χ2v) is 6.12. The van der Waals surface area contributed by atoms with Gasteiger partial charge in [0.1, 0.15) is 5.82 Å². The number of rotatable bonds is 4. The Morgan fingerprint density at radius 1 is 1.39 bits per heavy atom. The van der Waals surface area contributed by atoms with Crippen molar-refractivity contribution in [2.75, 3.05) is 7.05 Å². The van der Waals surface area contributed by atoms with Crippen molar-refractivity contribution in [2.45, 2.75) is 20.0 Å². The molecule has 0 N–H and O–H groups in total. The first kappa shape index (κ1) is 13.6. The highest BCUT2D eigenvalue weighted by Gasteiger charge is 2.09. The lowest BCUT2D eigenvalue weighted by Gasteiger charge is -2.16. The van der Waals surface area contributed by atoms with Crippen LogP contribution in [0.5, 0.6) is 0 Å². The molecular formula is C13H14BrFN2S. The Morgan fingerprint density at radius 3 is 2.78 bits per heavy atom. The zero-order valence-electron chi connectivity index (χ0n) is 10.3. The largest absolute Gasteiger partial charge is 0.297 e. The molecule has 0 saturated carbocycles. The molecule has 1 heterocycles. The molecule has 18 heavy (non-hydrogen) atoms. The number of benzene rings is 1. The van der Waals surface area contributed by atoms with Gasteiger partial charge < -0.3 is 0 Å². The minimum Gasteiger partial charge on any atom is -0.297 e. The van der Waals surface area contributed by atoms with Crippen molar-refractivity contribution in [3.8, 4) is 0 Å². The Hall–Kier alpha value is -0.780. The lowest BCUT2D eigenvalue weighted by molar-refractivity contribution is 0.315. The van der Waals surface area contributed by atoms with Crippen LogP contribution in [0.15, 0.2) is 28.2 Å². The van der Waals surface area contributed by atoms with Gasteiger partial charge in [-0.2, -0.15) is 0 Å². The van der Waals surface area contributed by atoms with E-state index in [9.17, 15) is 4.39 Å². The third kappa shape index (κ3) is 3.37. The van der Waals surface area contributed by atoms with Crippen LogP contribution >= 0.6 is 27.3 Å². The zero-order valence-corrected chi connectivity index (χ0v) is 12.7. The van der Waals surface area contributed by atoms with Crippen LogP contribution in [0.3, 0.4) is 0 Å². The predicted molar refractivity (Wildman–Crippen MR) is 76.1 cm³/mol. The van der Waals surface area contributed by atoms with E-state index in [1.165, 1.54) is 10.9 Å². The molecule has 1 aromatic carbocycles. The first-order chi connectivity index (χ1) is 8.56. The van der Waals surface area contributed by atoms with E-state index < -0.39 is 0 Å². The smallest absolute Gasteiger partial charge is 0.128 e. The molecule has 2 rings (SSSR count). The third-order valence-electron chi connectivity index (χ3n) is 2.71. The third-order valence-corrected chi connectivity index (χ3v) is 4.13. The molecule has 0 saturated heterocycles. The molecule has 5 heteroatoms. The number of halogens is 2. The average Bonchev–Trinajstić information content (AvgIpc) is 2.69. The van der Waals surface area contributed by atoms with Gasteiger partial charge >= 0.3 is 0 Å². The van der Waals surface area contributed by atoms with Gasteiger partial charge in [-0.05, 0) is 26.1 Å². The van der Waals surface area contributed by atoms with Gasteiger partial charge in [0.2, 0.25) is 0 Å². The van der Waals surface area contributed by atoms with Gasteiger partial charge in [0.15, 0.2) is 0 Å². The van der Waals surface area contributed by atoms with E-state index in [2.05, 4.69) is 25.8 Å². The number of aryl methyl sites for hydroxylation is 1. The summed E-state index contributed by atoms with van der Waals surface area (Å²) < 4.78 is 14.5. The molecule has 96 valence electrons. The molecule has 0 aliphatic carbocycles. The molecule has 0 spiro atoms. The fourth-order valence-electron chi connectivity index (χ4n) is 1.72. The second-order valence-electron chi connectivity index (χ2n) is 4.27. The van der Waals surface area contributed by atoms with Gasteiger partial charge in [0.25, 0.3) is 0 Å². The highest BCUT2D eigenvalue weighted by atomic mass is 79.9. The minimum atomic E-state index is -0.169. The van der Waals surface area contributed by atoms with E-state index in [0.717, 1.165) is 16.7 Å². The standard InChI is InChI=1S/C13H14BrFN2S/c1-9-13(18-8-16-9)7-17(2)6-10-3-4-11(14)5-12(10)15/h3-5,8H,6-7H2,1-2H3. The molecule has 0 fully saturated rings. The maximum absolute atomic E-state index is 13.7. The van der Waals surface area contributed by atoms with Crippen molar-refractivity contribution >= 4 is 27.3 Å². The molecule has 0 atom stereocenters. The van der Waals surface area contributed by atoms with Gasteiger partial charge in [-0.15, -0.1) is 11.3 Å². The zero-order chi connectivity index (χ0) is 13.1. The molecule has 0 radical (unpaired) electrons. The lowest BCUT2D eigenvalue weighted by atomic mass is 10.2. The number of thiazole rings is 1. The lowest BCUT2D eigenvalue weighted by Crippen LogP contribution is -2.17. The SMILES string of the molecule is Cc1ncsc1CN(C)Cc1ccc(Br)cc1F. The fourth-order valence-corrected chi connectivity index (χ4v) is 2.91. The predicted octanol–water partition coefficient (Wildman–Crippen LogP) is 3.99. The van der Waals surface area contributed by atoms with Crippen LogP contribution < -0.4 is 0 Å². The molecule has 0 aliphatic rings. The number of hydrogen-bond donors (Lipinski definition) is 0. The highest BCUT2D eigenvalue weighted by Crippen LogP contribution is 2.19. The minimum absolute atomic E-state index is 0.169. The molecule has 0 bridgehead atoms. The Morgan fingerprint density at radius 2 is 2.17 bits per heavy atom. The van der Waals surface area contributed by atoms with Gasteiger partial charge in [-0.1, -0.05) is 22.0 Å². The summed E-state index contributed by atoms with van der Waals surface area (Å²) in [6.07, 6.45) is 0. The van der Waals surface area contributed by atoms with E-state index in [-0.39, 0.29) is 5.82 Å². The monoisotopic (exact) mass is 328 g/mol. The summed E-state index contributed by atoms with van der Waals surface area (Å²) in [6, 6.07) is 5.18. The van der Waals surface area contributed by atoms with Crippen LogP contribution in [0.25, 0.3) is 0 Å². The molecular weight excluding hydrogens is 315 g/mol. The summed E-state index contributed by atoms with van der Waals surface area (Å²) in [5.41, 5.74) is 3.62. The van der Waals surface area contributed by atoms with Crippen molar-refractivity contribution in [1.29, 1.82) is 0 Å². The molecule has 0 unspecified atom stereocenters. The van der Waals surface area contributed by atoms with Crippen LogP contribution in [0, 0.1) is 12.7 Å². The molecule has 0 amide bonds.